The van der Waals surface area contributed by atoms with Crippen LogP contribution in [0.2, 0.25) is 0 Å². The molecule has 1 spiro atoms. The van der Waals surface area contributed by atoms with E-state index < -0.39 is 58.0 Å². The lowest BCUT2D eigenvalue weighted by Crippen LogP contribution is -2.71. The lowest BCUT2D eigenvalue weighted by Gasteiger charge is -2.57. The first-order chi connectivity index (χ1) is 26.7. The first-order valence-corrected chi connectivity index (χ1v) is 20.0. The van der Waals surface area contributed by atoms with Crippen LogP contribution in [0.5, 0.6) is 17.2 Å². The number of nitrogens with one attached hydrogen (secondary N) is 1. The number of nitrogens with two attached hydrogens (primary N) is 1. The number of allylic oxidation sites excluding steroid dienone is 5. The van der Waals surface area contributed by atoms with E-state index in [9.17, 15) is 14.9 Å². The summed E-state index contributed by atoms with van der Waals surface area (Å²) in [6, 6.07) is 2.29. The molecule has 2 fully saturated rings. The Morgan fingerprint density at radius 2 is 1.74 bits per heavy atom. The number of fused-ring (bicyclic) bond motifs is 3. The van der Waals surface area contributed by atoms with Gasteiger partial charge in [-0.25, -0.2) is 4.79 Å². The largest absolute Gasteiger partial charge is 0.482 e. The molecule has 6 rings (SSSR count). The molecule has 0 aromatic heterocycles. The van der Waals surface area contributed by atoms with Gasteiger partial charge in [-0.2, -0.15) is 5.26 Å². The van der Waals surface area contributed by atoms with Gasteiger partial charge in [0.2, 0.25) is 0 Å². The third-order valence-corrected chi connectivity index (χ3v) is 12.6. The zero-order chi connectivity index (χ0) is 42.0. The van der Waals surface area contributed by atoms with Gasteiger partial charge >= 0.3 is 11.9 Å². The molecular weight excluding hydrogens is 746 g/mol. The number of ether oxygens (including phenoxy) is 5. The minimum absolute atomic E-state index is 0.0468. The number of esters is 2. The summed E-state index contributed by atoms with van der Waals surface area (Å²) in [4.78, 5) is 41.4. The summed E-state index contributed by atoms with van der Waals surface area (Å²) >= 11 is 6.11. The molecule has 3 N–H and O–H groups in total. The van der Waals surface area contributed by atoms with Crippen LogP contribution >= 0.6 is 11.6 Å². The predicted octanol–water partition coefficient (Wildman–Crippen LogP) is 7.92. The molecule has 1 saturated heterocycles. The normalized spacial score (nSPS) is 29.0. The second kappa shape index (κ2) is 14.9. The maximum atomic E-state index is 15.4. The van der Waals surface area contributed by atoms with Crippen LogP contribution in [0, 0.1) is 29.1 Å². The van der Waals surface area contributed by atoms with Crippen molar-refractivity contribution in [1.82, 2.24) is 5.32 Å². The van der Waals surface area contributed by atoms with Crippen molar-refractivity contribution in [2.24, 2.45) is 23.5 Å². The van der Waals surface area contributed by atoms with E-state index in [1.54, 1.807) is 19.9 Å². The Bertz CT molecular complexity index is 2180. The third-order valence-electron chi connectivity index (χ3n) is 12.3. The van der Waals surface area contributed by atoms with Crippen LogP contribution in [0.15, 0.2) is 58.0 Å². The number of ketones is 1. The SMILES string of the molecule is COC(=O)/C(C)=C\CC12OC(C)(C)C(C)C13Oc1c(CC=C(C)C)c4c(c(OC(=O)CCl)c1C1=C3C(C(C#N)=C(N)N1)C(C)C2=O)C=CC(C)(CCC=C(C)C)O4. The van der Waals surface area contributed by atoms with Gasteiger partial charge in [0.15, 0.2) is 22.7 Å². The number of nitrogens with zero attached hydrogens (tertiary/aromatic N) is 1. The molecule has 4 aliphatic heterocycles. The van der Waals surface area contributed by atoms with Crippen LogP contribution in [-0.4, -0.2) is 53.1 Å². The van der Waals surface area contributed by atoms with Crippen LogP contribution in [0.25, 0.3) is 11.8 Å². The van der Waals surface area contributed by atoms with Crippen LogP contribution in [0.1, 0.15) is 105 Å². The Labute approximate surface area is 340 Å². The molecule has 1 aromatic rings. The molecule has 6 unspecified atom stereocenters. The lowest BCUT2D eigenvalue weighted by molar-refractivity contribution is -0.176. The highest BCUT2D eigenvalue weighted by molar-refractivity contribution is 6.26. The summed E-state index contributed by atoms with van der Waals surface area (Å²) in [5.74, 6) is -3.16. The van der Waals surface area contributed by atoms with Crippen molar-refractivity contribution in [2.75, 3.05) is 13.0 Å². The van der Waals surface area contributed by atoms with Gasteiger partial charge in [-0.05, 0) is 86.8 Å². The summed E-state index contributed by atoms with van der Waals surface area (Å²) in [5.41, 5.74) is 7.06. The van der Waals surface area contributed by atoms with Crippen molar-refractivity contribution in [3.63, 3.8) is 0 Å². The highest BCUT2D eigenvalue weighted by Crippen LogP contribution is 2.69. The number of benzene rings is 1. The van der Waals surface area contributed by atoms with Crippen LogP contribution < -0.4 is 25.3 Å². The minimum atomic E-state index is -1.70. The van der Waals surface area contributed by atoms with Gasteiger partial charge in [0.1, 0.15) is 28.8 Å². The summed E-state index contributed by atoms with van der Waals surface area (Å²) in [6.45, 7) is 19.3. The molecule has 6 atom stereocenters. The van der Waals surface area contributed by atoms with Gasteiger partial charge in [0.05, 0.1) is 41.2 Å². The Hall–Kier alpha value is -4.79. The zero-order valence-electron chi connectivity index (χ0n) is 34.8. The van der Waals surface area contributed by atoms with E-state index in [4.69, 9.17) is 41.0 Å². The van der Waals surface area contributed by atoms with Crippen molar-refractivity contribution >= 4 is 41.1 Å². The number of methoxy groups -OCH3 is 1. The highest BCUT2D eigenvalue weighted by Gasteiger charge is 2.79. The topological polar surface area (TPSA) is 159 Å². The Kier molecular flexibility index (Phi) is 10.9. The van der Waals surface area contributed by atoms with E-state index in [0.717, 1.165) is 12.0 Å². The summed E-state index contributed by atoms with van der Waals surface area (Å²) < 4.78 is 32.9. The van der Waals surface area contributed by atoms with Gasteiger partial charge in [-0.3, -0.25) is 9.59 Å². The van der Waals surface area contributed by atoms with Gasteiger partial charge < -0.3 is 34.7 Å². The van der Waals surface area contributed by atoms with Gasteiger partial charge in [0, 0.05) is 40.9 Å². The number of alkyl halides is 1. The zero-order valence-corrected chi connectivity index (χ0v) is 35.6. The number of halogens is 1. The summed E-state index contributed by atoms with van der Waals surface area (Å²) in [5, 5.41) is 14.0. The molecule has 4 heterocycles. The minimum Gasteiger partial charge on any atom is -0.482 e. The third kappa shape index (κ3) is 6.49. The number of hydrogen-bond donors (Lipinski definition) is 2. The molecule has 0 amide bonds. The number of nitriles is 1. The fourth-order valence-electron chi connectivity index (χ4n) is 9.27. The van der Waals surface area contributed by atoms with E-state index >= 15 is 4.79 Å². The second-order valence-electron chi connectivity index (χ2n) is 17.1. The maximum Gasteiger partial charge on any atom is 0.333 e. The van der Waals surface area contributed by atoms with Crippen LogP contribution in [0.3, 0.4) is 0 Å². The number of hydrogen-bond acceptors (Lipinski definition) is 11. The van der Waals surface area contributed by atoms with E-state index in [1.807, 2.05) is 53.7 Å². The monoisotopic (exact) mass is 799 g/mol. The number of carbonyl (C=O) groups is 3. The first kappa shape index (κ1) is 41.8. The van der Waals surface area contributed by atoms with Gasteiger partial charge in [-0.15, -0.1) is 11.6 Å². The molecule has 11 nitrogen and oxygen atoms in total. The van der Waals surface area contributed by atoms with Crippen molar-refractivity contribution in [2.45, 2.75) is 117 Å². The summed E-state index contributed by atoms with van der Waals surface area (Å²) in [6.07, 6.45) is 11.5. The smallest absolute Gasteiger partial charge is 0.333 e. The fourth-order valence-corrected chi connectivity index (χ4v) is 9.32. The molecule has 57 heavy (non-hydrogen) atoms. The molecule has 0 radical (unpaired) electrons. The number of carbonyl (C=O) groups excluding carboxylic acids is 3. The number of Topliss-reactive ketones (excluding diaryl/α,β-unsaturated/α-hetero) is 1. The average Bonchev–Trinajstić information content (AvgIpc) is 3.32. The quantitative estimate of drug-likeness (QED) is 0.0779. The van der Waals surface area contributed by atoms with E-state index in [0.29, 0.717) is 57.9 Å². The van der Waals surface area contributed by atoms with Crippen molar-refractivity contribution in [1.29, 1.82) is 5.26 Å². The van der Waals surface area contributed by atoms with Crippen LogP contribution in [0.4, 0.5) is 0 Å². The Morgan fingerprint density at radius 1 is 1.05 bits per heavy atom. The fraction of sp³-hybridized carbons (Fsp3) is 0.511. The Morgan fingerprint density at radius 3 is 2.35 bits per heavy atom. The highest BCUT2D eigenvalue weighted by atomic mass is 35.5. The lowest BCUT2D eigenvalue weighted by atomic mass is 9.52. The molecule has 1 aliphatic carbocycles. The molecule has 304 valence electrons. The first-order valence-electron chi connectivity index (χ1n) is 19.5. The standard InChI is InChI=1S/C45H54ClN3O8/c1-23(2)13-12-18-43(10)19-17-29-36(55-43)28(15-14-24(3)4)38-33(37(29)54-31(50)21-46)35-34-32(30(22-47)40(48)49-35)26(6)39(51)44(20-16-25(5)41(52)53-11)45(34,56-38)27(7)42(8,9)57-44/h13-14,16-17,19,26-27,32,49H,12,15,18,20-21,48H2,1-11H3/b25-16-. The average molecular weight is 800 g/mol. The van der Waals surface area contributed by atoms with E-state index in [1.165, 1.54) is 12.7 Å². The molecule has 1 saturated carbocycles. The Balaban J connectivity index is 1.78. The maximum absolute atomic E-state index is 15.4. The van der Waals surface area contributed by atoms with Crippen molar-refractivity contribution in [3.05, 3.63) is 74.7 Å². The molecule has 1 aromatic carbocycles. The van der Waals surface area contributed by atoms with Crippen molar-refractivity contribution in [3.8, 4) is 23.3 Å². The molecular formula is C45H54ClN3O8. The molecule has 12 heteroatoms. The van der Waals surface area contributed by atoms with Crippen LogP contribution in [-0.2, 0) is 30.3 Å². The van der Waals surface area contributed by atoms with Crippen molar-refractivity contribution < 1.29 is 38.1 Å². The molecule has 0 bridgehead atoms. The van der Waals surface area contributed by atoms with Gasteiger partial charge in [0.25, 0.3) is 0 Å². The van der Waals surface area contributed by atoms with E-state index in [-0.39, 0.29) is 29.3 Å². The predicted molar refractivity (Wildman–Crippen MR) is 218 cm³/mol. The second-order valence-corrected chi connectivity index (χ2v) is 17.3. The van der Waals surface area contributed by atoms with Gasteiger partial charge in [-0.1, -0.05) is 43.2 Å². The number of rotatable bonds is 10. The number of dihydropyridines is 1. The summed E-state index contributed by atoms with van der Waals surface area (Å²) in [7, 11) is 1.30. The molecule has 5 aliphatic rings. The van der Waals surface area contributed by atoms with E-state index in [2.05, 4.69) is 37.4 Å².